The van der Waals surface area contributed by atoms with Crippen LogP contribution in [0, 0.1) is 34.5 Å². The average Bonchev–Trinajstić information content (AvgIpc) is 4.02. The van der Waals surface area contributed by atoms with E-state index in [1.54, 1.807) is 65.8 Å². The van der Waals surface area contributed by atoms with Crippen molar-refractivity contribution in [2.24, 2.45) is 34.5 Å². The summed E-state index contributed by atoms with van der Waals surface area (Å²) in [5, 5.41) is -1.65. The molecule has 0 N–H and O–H groups in total. The Kier molecular flexibility index (Phi) is 30.0. The van der Waals surface area contributed by atoms with Crippen LogP contribution in [-0.4, -0.2) is 103 Å². The van der Waals surface area contributed by atoms with E-state index in [9.17, 15) is 38.4 Å². The van der Waals surface area contributed by atoms with Gasteiger partial charge >= 0.3 is 23.9 Å². The van der Waals surface area contributed by atoms with E-state index in [0.717, 1.165) is 84.2 Å². The van der Waals surface area contributed by atoms with Gasteiger partial charge in [0.15, 0.2) is 0 Å². The summed E-state index contributed by atoms with van der Waals surface area (Å²) in [7, 11) is 0. The monoisotopic (exact) mass is 1230 g/mol. The maximum Gasteiger partial charge on any atom is 0.319 e. The summed E-state index contributed by atoms with van der Waals surface area (Å²) in [6, 6.07) is 14.1. The number of nitrogens with zero attached hydrogens (tertiary/aromatic N) is 2. The molecular formula is C61H86N2O12S6. The third-order valence-electron chi connectivity index (χ3n) is 14.3. The van der Waals surface area contributed by atoms with Gasteiger partial charge in [0.2, 0.25) is 23.6 Å². The van der Waals surface area contributed by atoms with E-state index in [1.165, 1.54) is 40.2 Å². The summed E-state index contributed by atoms with van der Waals surface area (Å²) in [5.74, 6) is -5.86. The van der Waals surface area contributed by atoms with Gasteiger partial charge in [0.05, 0.1) is 66.4 Å². The summed E-state index contributed by atoms with van der Waals surface area (Å²) >= 11 is 16.7. The number of thioether (sulfide) groups is 4. The second-order valence-corrected chi connectivity index (χ2v) is 29.3. The number of hydrogen-bond acceptors (Lipinski definition) is 18. The fourth-order valence-electron chi connectivity index (χ4n) is 9.20. The largest absolute Gasteiger partial charge is 0.465 e. The van der Waals surface area contributed by atoms with Gasteiger partial charge in [-0.1, -0.05) is 133 Å². The summed E-state index contributed by atoms with van der Waals surface area (Å²) in [6.45, 7) is 19.4. The number of anilines is 2. The second kappa shape index (κ2) is 34.8. The van der Waals surface area contributed by atoms with Crippen LogP contribution >= 0.6 is 71.5 Å². The molecule has 2 saturated heterocycles. The molecular weight excluding hydrogens is 1150 g/mol. The van der Waals surface area contributed by atoms with Crippen LogP contribution in [0.25, 0.3) is 0 Å². The highest BCUT2D eigenvalue weighted by Gasteiger charge is 2.58. The first kappa shape index (κ1) is 69.7. The van der Waals surface area contributed by atoms with Crippen LogP contribution in [0.4, 0.5) is 11.4 Å². The highest BCUT2D eigenvalue weighted by atomic mass is 32.2. The molecule has 448 valence electrons. The van der Waals surface area contributed by atoms with Gasteiger partial charge in [0, 0.05) is 5.92 Å². The van der Waals surface area contributed by atoms with Crippen molar-refractivity contribution in [3.63, 3.8) is 0 Å². The molecule has 0 radical (unpaired) electrons. The van der Waals surface area contributed by atoms with Crippen molar-refractivity contribution in [3.05, 3.63) is 59.7 Å². The quantitative estimate of drug-likeness (QED) is 0.0216. The van der Waals surface area contributed by atoms with Gasteiger partial charge in [-0.3, -0.25) is 48.2 Å². The Labute approximate surface area is 509 Å². The van der Waals surface area contributed by atoms with E-state index < -0.39 is 74.7 Å². The Morgan fingerprint density at radius 3 is 1.35 bits per heavy atom. The second-order valence-electron chi connectivity index (χ2n) is 22.3. The number of ether oxygens (including phenoxy) is 4. The number of esters is 4. The molecule has 6 unspecified atom stereocenters. The first-order chi connectivity index (χ1) is 38.5. The molecule has 14 nitrogen and oxygen atoms in total. The molecule has 0 bridgehead atoms. The van der Waals surface area contributed by atoms with Crippen molar-refractivity contribution in [1.82, 2.24) is 0 Å². The molecule has 2 aliphatic rings. The van der Waals surface area contributed by atoms with Gasteiger partial charge in [-0.2, -0.15) is 0 Å². The number of thiocarbonyl (C=S) groups is 2. The molecule has 0 aromatic heterocycles. The maximum absolute atomic E-state index is 14.9. The normalized spacial score (nSPS) is 18.2. The zero-order valence-electron chi connectivity index (χ0n) is 49.2. The predicted octanol–water partition coefficient (Wildman–Crippen LogP) is 13.5. The standard InChI is InChI=1S/C61H86N2O12S6/c1-11-15-31-72-54(68)47(80-58(76)78-35-17-13-3)38-45-40(5)50(64)62(51(45)65)43-27-23-41(24-28-43)37-42-25-29-44(30-26-42)63-52(66)46(39-48(55(69)73-32-16-12-2)81-59(77)79-36-18-14-4)49(53(63)67)61(9,10)57(71)75-34-22-20-19-21-33-74-56(70)60(6,7)8/h23-30,40,45-49H,11-22,31-39H2,1-10H3. The van der Waals surface area contributed by atoms with Crippen LogP contribution in [0.3, 0.4) is 0 Å². The summed E-state index contributed by atoms with van der Waals surface area (Å²) in [5.41, 5.74) is 0.351. The van der Waals surface area contributed by atoms with Crippen LogP contribution in [0.5, 0.6) is 0 Å². The minimum absolute atomic E-state index is 0.0875. The Morgan fingerprint density at radius 2 is 0.914 bits per heavy atom. The summed E-state index contributed by atoms with van der Waals surface area (Å²) in [4.78, 5) is 113. The SMILES string of the molecule is CCCCOC(=O)C(CC1C(=O)N(c2ccc(Cc3ccc(N4C(=O)C(CC(SC(=S)SCCCC)C(=O)OCCCC)C(C(C)(C)C(=O)OCCCCCCOC(=O)C(C)(C)C)C4=O)cc3)cc2)C(=O)C1C)SC(=S)SCCCC. The zero-order valence-corrected chi connectivity index (χ0v) is 54.1. The van der Waals surface area contributed by atoms with Crippen molar-refractivity contribution in [2.45, 2.75) is 176 Å². The lowest BCUT2D eigenvalue weighted by atomic mass is 9.71. The number of hydrogen-bond donors (Lipinski definition) is 0. The molecule has 20 heteroatoms. The highest BCUT2D eigenvalue weighted by Crippen LogP contribution is 2.46. The molecule has 2 heterocycles. The van der Waals surface area contributed by atoms with E-state index >= 15 is 0 Å². The highest BCUT2D eigenvalue weighted by molar-refractivity contribution is 8.48. The number of carbonyl (C=O) groups excluding carboxylic acids is 8. The molecule has 2 fully saturated rings. The third kappa shape index (κ3) is 21.0. The van der Waals surface area contributed by atoms with Crippen molar-refractivity contribution in [1.29, 1.82) is 0 Å². The van der Waals surface area contributed by atoms with Gasteiger partial charge in [-0.25, -0.2) is 0 Å². The predicted molar refractivity (Wildman–Crippen MR) is 338 cm³/mol. The molecule has 0 aliphatic carbocycles. The van der Waals surface area contributed by atoms with Crippen LogP contribution in [0.2, 0.25) is 0 Å². The van der Waals surface area contributed by atoms with Crippen LogP contribution in [-0.2, 0) is 63.7 Å². The van der Waals surface area contributed by atoms with Gasteiger partial charge in [-0.05, 0) is 152 Å². The molecule has 0 spiro atoms. The Bertz CT molecular complexity index is 2460. The molecule has 4 amide bonds. The number of rotatable bonds is 33. The van der Waals surface area contributed by atoms with Crippen molar-refractivity contribution >= 4 is 137 Å². The van der Waals surface area contributed by atoms with Crippen LogP contribution in [0.1, 0.15) is 170 Å². The van der Waals surface area contributed by atoms with E-state index in [2.05, 4.69) is 13.8 Å². The van der Waals surface area contributed by atoms with E-state index in [4.69, 9.17) is 43.4 Å². The zero-order chi connectivity index (χ0) is 59.9. The van der Waals surface area contributed by atoms with Gasteiger partial charge in [-0.15, -0.1) is 23.5 Å². The number of unbranched alkanes of at least 4 members (excludes halogenated alkanes) is 7. The first-order valence-corrected chi connectivity index (χ1v) is 33.3. The Hall–Kier alpha value is -3.82. The molecule has 81 heavy (non-hydrogen) atoms. The van der Waals surface area contributed by atoms with Crippen molar-refractivity contribution in [3.8, 4) is 0 Å². The lowest BCUT2D eigenvalue weighted by Gasteiger charge is -2.31. The van der Waals surface area contributed by atoms with E-state index in [1.807, 2.05) is 38.1 Å². The molecule has 6 atom stereocenters. The summed E-state index contributed by atoms with van der Waals surface area (Å²) in [6.07, 6.45) is 10.0. The molecule has 2 aromatic carbocycles. The molecule has 2 aliphatic heterocycles. The maximum atomic E-state index is 14.9. The average molecular weight is 1230 g/mol. The van der Waals surface area contributed by atoms with E-state index in [0.29, 0.717) is 63.6 Å². The fraction of sp³-hybridized carbons (Fsp3) is 0.639. The third-order valence-corrected chi connectivity index (χ3v) is 20.0. The van der Waals surface area contributed by atoms with Gasteiger partial charge < -0.3 is 18.9 Å². The minimum Gasteiger partial charge on any atom is -0.465 e. The van der Waals surface area contributed by atoms with Crippen LogP contribution < -0.4 is 9.80 Å². The fourth-order valence-corrected chi connectivity index (χ4v) is 14.7. The van der Waals surface area contributed by atoms with Crippen molar-refractivity contribution < 1.29 is 57.3 Å². The number of amides is 4. The number of imide groups is 2. The number of benzene rings is 2. The molecule has 2 aromatic rings. The van der Waals surface area contributed by atoms with Crippen LogP contribution in [0.15, 0.2) is 48.5 Å². The topological polar surface area (TPSA) is 180 Å². The first-order valence-electron chi connectivity index (χ1n) is 28.8. The Morgan fingerprint density at radius 1 is 0.519 bits per heavy atom. The van der Waals surface area contributed by atoms with Gasteiger partial charge in [0.25, 0.3) is 0 Å². The minimum atomic E-state index is -1.50. The van der Waals surface area contributed by atoms with E-state index in [-0.39, 0.29) is 50.4 Å². The smallest absolute Gasteiger partial charge is 0.319 e. The molecule has 4 rings (SSSR count). The lowest BCUT2D eigenvalue weighted by molar-refractivity contribution is -0.160. The molecule has 0 saturated carbocycles. The number of carbonyl (C=O) groups is 8. The van der Waals surface area contributed by atoms with Gasteiger partial charge in [0.1, 0.15) is 17.6 Å². The Balaban J connectivity index is 1.53. The summed E-state index contributed by atoms with van der Waals surface area (Å²) < 4.78 is 23.6. The van der Waals surface area contributed by atoms with Crippen molar-refractivity contribution in [2.75, 3.05) is 47.7 Å². The lowest BCUT2D eigenvalue weighted by Crippen LogP contribution is -2.42.